The van der Waals surface area contributed by atoms with Crippen LogP contribution in [0.4, 0.5) is 5.69 Å². The molecule has 4 aromatic carbocycles. The molecular formula is C33H34N2O3. The zero-order valence-electron chi connectivity index (χ0n) is 21.4. The molecular weight excluding hydrogens is 472 g/mol. The van der Waals surface area contributed by atoms with Crippen molar-refractivity contribution in [2.24, 2.45) is 5.92 Å². The minimum absolute atomic E-state index is 0.0857. The standard InChI is InChI=1S/C33H34N2O3/c36-23-31(28-14-8-3-9-15-28)34-33(37)30(32-24-38-32)20-25-16-18-29(19-17-25)35(21-26-10-4-1-5-11-26)22-27-12-6-2-7-13-27/h1-19,30-32,36H,20-24H2,(H,34,37)/t30-,31-,32?/m1/s1. The molecule has 1 saturated heterocycles. The molecule has 2 N–H and O–H groups in total. The van der Waals surface area contributed by atoms with E-state index in [-0.39, 0.29) is 24.5 Å². The molecule has 0 aromatic heterocycles. The van der Waals surface area contributed by atoms with Crippen molar-refractivity contribution >= 4 is 11.6 Å². The fourth-order valence-corrected chi connectivity index (χ4v) is 4.82. The lowest BCUT2D eigenvalue weighted by atomic mass is 9.94. The van der Waals surface area contributed by atoms with Crippen molar-refractivity contribution < 1.29 is 14.6 Å². The first-order valence-electron chi connectivity index (χ1n) is 13.2. The number of nitrogens with one attached hydrogen (secondary N) is 1. The average molecular weight is 507 g/mol. The first-order chi connectivity index (χ1) is 18.7. The van der Waals surface area contributed by atoms with E-state index in [2.05, 4.69) is 83.0 Å². The fourth-order valence-electron chi connectivity index (χ4n) is 4.82. The third-order valence-corrected chi connectivity index (χ3v) is 7.04. The highest BCUT2D eigenvalue weighted by molar-refractivity contribution is 5.80. The Labute approximate surface area is 224 Å². The summed E-state index contributed by atoms with van der Waals surface area (Å²) in [5, 5.41) is 12.9. The number of amides is 1. The second-order valence-electron chi connectivity index (χ2n) is 9.83. The lowest BCUT2D eigenvalue weighted by Crippen LogP contribution is -2.38. The van der Waals surface area contributed by atoms with E-state index in [1.807, 2.05) is 42.5 Å². The summed E-state index contributed by atoms with van der Waals surface area (Å²) in [5.74, 6) is -0.391. The molecule has 1 aliphatic rings. The Morgan fingerprint density at radius 2 is 1.32 bits per heavy atom. The van der Waals surface area contributed by atoms with E-state index in [9.17, 15) is 9.90 Å². The molecule has 5 heteroatoms. The van der Waals surface area contributed by atoms with Gasteiger partial charge in [0.1, 0.15) is 0 Å². The van der Waals surface area contributed by atoms with Gasteiger partial charge in [0.25, 0.3) is 0 Å². The summed E-state index contributed by atoms with van der Waals surface area (Å²) in [4.78, 5) is 15.6. The van der Waals surface area contributed by atoms with Gasteiger partial charge in [-0.2, -0.15) is 0 Å². The first kappa shape index (κ1) is 25.7. The minimum atomic E-state index is -0.433. The van der Waals surface area contributed by atoms with Gasteiger partial charge in [0.2, 0.25) is 5.91 Å². The van der Waals surface area contributed by atoms with Crippen molar-refractivity contribution in [1.82, 2.24) is 5.32 Å². The van der Waals surface area contributed by atoms with Gasteiger partial charge in [-0.1, -0.05) is 103 Å². The van der Waals surface area contributed by atoms with Crippen molar-refractivity contribution in [3.05, 3.63) is 138 Å². The highest BCUT2D eigenvalue weighted by Gasteiger charge is 2.38. The van der Waals surface area contributed by atoms with Crippen molar-refractivity contribution in [2.45, 2.75) is 31.7 Å². The summed E-state index contributed by atoms with van der Waals surface area (Å²) < 4.78 is 5.55. The van der Waals surface area contributed by atoms with Gasteiger partial charge in [-0.3, -0.25) is 4.79 Å². The maximum atomic E-state index is 13.2. The molecule has 0 spiro atoms. The normalized spacial score (nSPS) is 15.9. The molecule has 1 fully saturated rings. The zero-order chi connectivity index (χ0) is 26.2. The molecule has 5 rings (SSSR count). The van der Waals surface area contributed by atoms with Crippen molar-refractivity contribution in [1.29, 1.82) is 0 Å². The van der Waals surface area contributed by atoms with Gasteiger partial charge >= 0.3 is 0 Å². The summed E-state index contributed by atoms with van der Waals surface area (Å²) >= 11 is 0. The van der Waals surface area contributed by atoms with Crippen LogP contribution < -0.4 is 10.2 Å². The van der Waals surface area contributed by atoms with Gasteiger partial charge in [0.05, 0.1) is 31.3 Å². The van der Waals surface area contributed by atoms with Crippen LogP contribution in [0.3, 0.4) is 0 Å². The quantitative estimate of drug-likeness (QED) is 0.256. The van der Waals surface area contributed by atoms with Crippen LogP contribution in [0.15, 0.2) is 115 Å². The van der Waals surface area contributed by atoms with Crippen LogP contribution in [0, 0.1) is 5.92 Å². The van der Waals surface area contributed by atoms with Crippen LogP contribution >= 0.6 is 0 Å². The van der Waals surface area contributed by atoms with Crippen LogP contribution in [-0.2, 0) is 29.0 Å². The molecule has 4 aromatic rings. The number of anilines is 1. The van der Waals surface area contributed by atoms with Crippen LogP contribution in [-0.4, -0.2) is 30.3 Å². The summed E-state index contributed by atoms with van der Waals surface area (Å²) in [5.41, 5.74) is 5.62. The van der Waals surface area contributed by atoms with Crippen LogP contribution in [0.1, 0.15) is 28.3 Å². The van der Waals surface area contributed by atoms with Crippen LogP contribution in [0.5, 0.6) is 0 Å². The van der Waals surface area contributed by atoms with E-state index in [0.717, 1.165) is 29.9 Å². The Bertz CT molecular complexity index is 1230. The second-order valence-corrected chi connectivity index (χ2v) is 9.83. The lowest BCUT2D eigenvalue weighted by molar-refractivity contribution is -0.126. The van der Waals surface area contributed by atoms with Crippen molar-refractivity contribution in [2.75, 3.05) is 18.1 Å². The number of hydrogen-bond acceptors (Lipinski definition) is 4. The van der Waals surface area contributed by atoms with Crippen molar-refractivity contribution in [3.8, 4) is 0 Å². The molecule has 1 aliphatic heterocycles. The molecule has 1 amide bonds. The Morgan fingerprint density at radius 3 is 1.82 bits per heavy atom. The van der Waals surface area contributed by atoms with Gasteiger partial charge < -0.3 is 20.1 Å². The van der Waals surface area contributed by atoms with E-state index in [4.69, 9.17) is 4.74 Å². The minimum Gasteiger partial charge on any atom is -0.394 e. The molecule has 0 saturated carbocycles. The predicted molar refractivity (Wildman–Crippen MR) is 151 cm³/mol. The number of ether oxygens (including phenoxy) is 1. The van der Waals surface area contributed by atoms with Gasteiger partial charge in [0, 0.05) is 18.8 Å². The molecule has 0 bridgehead atoms. The van der Waals surface area contributed by atoms with Crippen LogP contribution in [0.25, 0.3) is 0 Å². The third-order valence-electron chi connectivity index (χ3n) is 7.04. The molecule has 5 nitrogen and oxygen atoms in total. The average Bonchev–Trinajstić information content (AvgIpc) is 3.81. The smallest absolute Gasteiger partial charge is 0.226 e. The monoisotopic (exact) mass is 506 g/mol. The number of carbonyl (C=O) groups excluding carboxylic acids is 1. The molecule has 0 radical (unpaired) electrons. The van der Waals surface area contributed by atoms with E-state index >= 15 is 0 Å². The number of hydrogen-bond donors (Lipinski definition) is 2. The number of rotatable bonds is 12. The predicted octanol–water partition coefficient (Wildman–Crippen LogP) is 5.30. The number of benzene rings is 4. The first-order valence-corrected chi connectivity index (χ1v) is 13.2. The highest BCUT2D eigenvalue weighted by Crippen LogP contribution is 2.27. The van der Waals surface area contributed by atoms with E-state index < -0.39 is 6.04 Å². The second kappa shape index (κ2) is 12.5. The Morgan fingerprint density at radius 1 is 0.789 bits per heavy atom. The molecule has 1 unspecified atom stereocenters. The summed E-state index contributed by atoms with van der Waals surface area (Å²) in [6.07, 6.45) is 0.499. The number of aliphatic hydroxyl groups is 1. The zero-order valence-corrected chi connectivity index (χ0v) is 21.4. The van der Waals surface area contributed by atoms with E-state index in [1.165, 1.54) is 11.1 Å². The summed E-state index contributed by atoms with van der Waals surface area (Å²) in [7, 11) is 0. The summed E-state index contributed by atoms with van der Waals surface area (Å²) in [6.45, 7) is 2.05. The topological polar surface area (TPSA) is 65.1 Å². The van der Waals surface area contributed by atoms with Gasteiger partial charge in [-0.15, -0.1) is 0 Å². The Kier molecular flexibility index (Phi) is 8.49. The maximum Gasteiger partial charge on any atom is 0.226 e. The van der Waals surface area contributed by atoms with Crippen LogP contribution in [0.2, 0.25) is 0 Å². The molecule has 38 heavy (non-hydrogen) atoms. The Hall–Kier alpha value is -3.93. The van der Waals surface area contributed by atoms with Gasteiger partial charge in [0.15, 0.2) is 0 Å². The maximum absolute atomic E-state index is 13.2. The number of epoxide rings is 1. The third kappa shape index (κ3) is 6.88. The molecule has 1 heterocycles. The number of aliphatic hydroxyl groups excluding tert-OH is 1. The van der Waals surface area contributed by atoms with Gasteiger partial charge in [-0.05, 0) is 40.8 Å². The number of carbonyl (C=O) groups is 1. The van der Waals surface area contributed by atoms with E-state index in [0.29, 0.717) is 13.0 Å². The number of nitrogens with zero attached hydrogens (tertiary/aromatic N) is 1. The Balaban J connectivity index is 1.29. The largest absolute Gasteiger partial charge is 0.394 e. The fraction of sp³-hybridized carbons (Fsp3) is 0.242. The molecule has 194 valence electrons. The lowest BCUT2D eigenvalue weighted by Gasteiger charge is -2.26. The SMILES string of the molecule is O=C(N[C@H](CO)c1ccccc1)[C@H](Cc1ccc(N(Cc2ccccc2)Cc2ccccc2)cc1)C1CO1. The van der Waals surface area contributed by atoms with Gasteiger partial charge in [-0.25, -0.2) is 0 Å². The molecule has 3 atom stereocenters. The molecule has 0 aliphatic carbocycles. The van der Waals surface area contributed by atoms with E-state index in [1.54, 1.807) is 0 Å². The highest BCUT2D eigenvalue weighted by atomic mass is 16.6. The summed E-state index contributed by atoms with van der Waals surface area (Å²) in [6, 6.07) is 38.6. The van der Waals surface area contributed by atoms with Crippen molar-refractivity contribution in [3.63, 3.8) is 0 Å².